The highest BCUT2D eigenvalue weighted by atomic mass is 19.3. The van der Waals surface area contributed by atoms with Crippen LogP contribution in [0.4, 0.5) is 8.78 Å². The van der Waals surface area contributed by atoms with Gasteiger partial charge in [-0.05, 0) is 6.42 Å². The van der Waals surface area contributed by atoms with Gasteiger partial charge >= 0.3 is 0 Å². The summed E-state index contributed by atoms with van der Waals surface area (Å²) in [5, 5.41) is 0. The molecule has 0 saturated heterocycles. The van der Waals surface area contributed by atoms with Gasteiger partial charge in [0.1, 0.15) is 0 Å². The first-order chi connectivity index (χ1) is 5.77. The maximum Gasteiger partial charge on any atom is 0.238 e. The van der Waals surface area contributed by atoms with E-state index in [1.807, 2.05) is 0 Å². The number of halogens is 2. The van der Waals surface area contributed by atoms with Crippen molar-refractivity contribution in [3.8, 4) is 0 Å². The van der Waals surface area contributed by atoms with Crippen LogP contribution in [0.5, 0.6) is 0 Å². The van der Waals surface area contributed by atoms with Crippen LogP contribution in [0.15, 0.2) is 0 Å². The normalized spacial score (nSPS) is 11.0. The van der Waals surface area contributed by atoms with Gasteiger partial charge in [-0.3, -0.25) is 0 Å². The van der Waals surface area contributed by atoms with E-state index in [2.05, 4.69) is 6.92 Å². The topological polar surface area (TPSA) is 0 Å². The van der Waals surface area contributed by atoms with E-state index >= 15 is 0 Å². The SMILES string of the molecule is CCCCCCCCCC(F)F. The Balaban J connectivity index is 2.82. The van der Waals surface area contributed by atoms with E-state index in [-0.39, 0.29) is 6.42 Å². The van der Waals surface area contributed by atoms with E-state index in [0.29, 0.717) is 6.42 Å². The molecule has 0 aliphatic heterocycles. The predicted molar refractivity (Wildman–Crippen MR) is 48.6 cm³/mol. The van der Waals surface area contributed by atoms with Crippen molar-refractivity contribution in [2.75, 3.05) is 0 Å². The fourth-order valence-corrected chi connectivity index (χ4v) is 1.26. The minimum Gasteiger partial charge on any atom is -0.211 e. The Labute approximate surface area is 74.4 Å². The molecule has 0 atom stereocenters. The van der Waals surface area contributed by atoms with Gasteiger partial charge in [0.2, 0.25) is 6.43 Å². The number of unbranched alkanes of at least 4 members (excludes halogenated alkanes) is 6. The summed E-state index contributed by atoms with van der Waals surface area (Å²) in [5.41, 5.74) is 0. The van der Waals surface area contributed by atoms with Gasteiger partial charge in [-0.2, -0.15) is 0 Å². The second-order valence-corrected chi connectivity index (χ2v) is 3.30. The molecule has 0 bridgehead atoms. The van der Waals surface area contributed by atoms with Crippen LogP contribution in [0.1, 0.15) is 58.3 Å². The second-order valence-electron chi connectivity index (χ2n) is 3.30. The van der Waals surface area contributed by atoms with E-state index < -0.39 is 6.43 Å². The second kappa shape index (κ2) is 8.95. The summed E-state index contributed by atoms with van der Waals surface area (Å²) in [6.45, 7) is 2.18. The molecule has 2 heteroatoms. The average molecular weight is 178 g/mol. The largest absolute Gasteiger partial charge is 0.238 e. The molecule has 0 saturated carbocycles. The lowest BCUT2D eigenvalue weighted by atomic mass is 10.1. The summed E-state index contributed by atoms with van der Waals surface area (Å²) in [6.07, 6.45) is 5.83. The third kappa shape index (κ3) is 9.86. The molecule has 0 aliphatic rings. The highest BCUT2D eigenvalue weighted by Gasteiger charge is 2.00. The standard InChI is InChI=1S/C10H20F2/c1-2-3-4-5-6-7-8-9-10(11)12/h10H,2-9H2,1H3. The Morgan fingerprint density at radius 2 is 1.33 bits per heavy atom. The lowest BCUT2D eigenvalue weighted by Crippen LogP contribution is -1.89. The molecule has 0 aromatic carbocycles. The summed E-state index contributed by atoms with van der Waals surface area (Å²) >= 11 is 0. The summed E-state index contributed by atoms with van der Waals surface area (Å²) in [7, 11) is 0. The van der Waals surface area contributed by atoms with Crippen molar-refractivity contribution in [2.24, 2.45) is 0 Å². The lowest BCUT2D eigenvalue weighted by Gasteiger charge is -2.00. The van der Waals surface area contributed by atoms with Gasteiger partial charge in [0.25, 0.3) is 0 Å². The zero-order valence-electron chi connectivity index (χ0n) is 7.99. The molecule has 0 aromatic rings. The first-order valence-corrected chi connectivity index (χ1v) is 5.05. The molecule has 0 N–H and O–H groups in total. The maximum atomic E-state index is 11.7. The smallest absolute Gasteiger partial charge is 0.211 e. The molecule has 74 valence electrons. The van der Waals surface area contributed by atoms with Crippen molar-refractivity contribution in [2.45, 2.75) is 64.7 Å². The fourth-order valence-electron chi connectivity index (χ4n) is 1.26. The van der Waals surface area contributed by atoms with Gasteiger partial charge in [-0.1, -0.05) is 45.4 Å². The molecular weight excluding hydrogens is 158 g/mol. The minimum absolute atomic E-state index is 0.0910. The van der Waals surface area contributed by atoms with Crippen LogP contribution in [0.25, 0.3) is 0 Å². The number of hydrogen-bond donors (Lipinski definition) is 0. The average Bonchev–Trinajstić information content (AvgIpc) is 2.02. The van der Waals surface area contributed by atoms with Crippen molar-refractivity contribution in [1.29, 1.82) is 0 Å². The zero-order chi connectivity index (χ0) is 9.23. The molecule has 0 spiro atoms. The van der Waals surface area contributed by atoms with Gasteiger partial charge in [0.15, 0.2) is 0 Å². The Bertz CT molecular complexity index is 81.9. The molecule has 0 radical (unpaired) electrons. The van der Waals surface area contributed by atoms with Crippen molar-refractivity contribution >= 4 is 0 Å². The molecule has 12 heavy (non-hydrogen) atoms. The molecule has 0 aromatic heterocycles. The molecule has 0 rings (SSSR count). The van der Waals surface area contributed by atoms with E-state index in [9.17, 15) is 8.78 Å². The minimum atomic E-state index is -2.10. The van der Waals surface area contributed by atoms with Crippen molar-refractivity contribution < 1.29 is 8.78 Å². The van der Waals surface area contributed by atoms with Crippen molar-refractivity contribution in [1.82, 2.24) is 0 Å². The third-order valence-corrected chi connectivity index (χ3v) is 2.03. The predicted octanol–water partition coefficient (Wildman–Crippen LogP) is 4.39. The van der Waals surface area contributed by atoms with Crippen LogP contribution >= 0.6 is 0 Å². The van der Waals surface area contributed by atoms with Crippen LogP contribution in [0.3, 0.4) is 0 Å². The van der Waals surface area contributed by atoms with Crippen LogP contribution < -0.4 is 0 Å². The van der Waals surface area contributed by atoms with Gasteiger partial charge in [0, 0.05) is 6.42 Å². The maximum absolute atomic E-state index is 11.7. The van der Waals surface area contributed by atoms with Crippen LogP contribution in [-0.2, 0) is 0 Å². The zero-order valence-corrected chi connectivity index (χ0v) is 7.99. The summed E-state index contributed by atoms with van der Waals surface area (Å²) in [5.74, 6) is 0. The van der Waals surface area contributed by atoms with Gasteiger partial charge in [-0.25, -0.2) is 8.78 Å². The third-order valence-electron chi connectivity index (χ3n) is 2.03. The molecule has 0 aliphatic carbocycles. The molecular formula is C10H20F2. The lowest BCUT2D eigenvalue weighted by molar-refractivity contribution is 0.133. The van der Waals surface area contributed by atoms with Gasteiger partial charge < -0.3 is 0 Å². The summed E-state index contributed by atoms with van der Waals surface area (Å²) < 4.78 is 23.3. The molecule has 0 amide bonds. The monoisotopic (exact) mass is 178 g/mol. The molecule has 0 fully saturated rings. The van der Waals surface area contributed by atoms with Crippen molar-refractivity contribution in [3.05, 3.63) is 0 Å². The quantitative estimate of drug-likeness (QED) is 0.483. The van der Waals surface area contributed by atoms with E-state index in [0.717, 1.165) is 12.8 Å². The summed E-state index contributed by atoms with van der Waals surface area (Å²) in [6, 6.07) is 0. The first kappa shape index (κ1) is 11.9. The van der Waals surface area contributed by atoms with E-state index in [1.54, 1.807) is 0 Å². The molecule has 0 heterocycles. The highest BCUT2D eigenvalue weighted by Crippen LogP contribution is 2.11. The Hall–Kier alpha value is -0.140. The summed E-state index contributed by atoms with van der Waals surface area (Å²) in [4.78, 5) is 0. The Morgan fingerprint density at radius 1 is 0.833 bits per heavy atom. The molecule has 0 unspecified atom stereocenters. The van der Waals surface area contributed by atoms with Gasteiger partial charge in [-0.15, -0.1) is 0 Å². The van der Waals surface area contributed by atoms with E-state index in [1.165, 1.54) is 25.7 Å². The van der Waals surface area contributed by atoms with Crippen molar-refractivity contribution in [3.63, 3.8) is 0 Å². The Morgan fingerprint density at radius 3 is 1.83 bits per heavy atom. The van der Waals surface area contributed by atoms with Crippen LogP contribution in [0.2, 0.25) is 0 Å². The highest BCUT2D eigenvalue weighted by molar-refractivity contribution is 4.46. The Kier molecular flexibility index (Phi) is 8.85. The van der Waals surface area contributed by atoms with Crippen LogP contribution in [0, 0.1) is 0 Å². The number of rotatable bonds is 8. The first-order valence-electron chi connectivity index (χ1n) is 5.05. The molecule has 0 nitrogen and oxygen atoms in total. The fraction of sp³-hybridized carbons (Fsp3) is 1.00. The van der Waals surface area contributed by atoms with Crippen LogP contribution in [-0.4, -0.2) is 6.43 Å². The number of hydrogen-bond acceptors (Lipinski definition) is 0. The van der Waals surface area contributed by atoms with Gasteiger partial charge in [0.05, 0.1) is 0 Å². The van der Waals surface area contributed by atoms with E-state index in [4.69, 9.17) is 0 Å². The number of alkyl halides is 2.